The lowest BCUT2D eigenvalue weighted by molar-refractivity contribution is 0.337. The van der Waals surface area contributed by atoms with E-state index in [-0.39, 0.29) is 0 Å². The summed E-state index contributed by atoms with van der Waals surface area (Å²) >= 11 is 0. The smallest absolute Gasteiger partial charge is 0.147 e. The molecule has 0 amide bonds. The molecule has 2 heterocycles. The van der Waals surface area contributed by atoms with E-state index < -0.39 is 0 Å². The number of anilines is 2. The Morgan fingerprint density at radius 1 is 1.33 bits per heavy atom. The molecular weight excluding hydrogens is 226 g/mol. The van der Waals surface area contributed by atoms with E-state index in [0.717, 1.165) is 36.6 Å². The van der Waals surface area contributed by atoms with Gasteiger partial charge in [-0.05, 0) is 45.3 Å². The lowest BCUT2D eigenvalue weighted by atomic mass is 10.3. The summed E-state index contributed by atoms with van der Waals surface area (Å²) in [5, 5.41) is 7.81. The first-order valence-electron chi connectivity index (χ1n) is 7.00. The number of nitrogen functional groups attached to an aromatic ring is 1. The monoisotopic (exact) mass is 251 g/mol. The number of likely N-dealkylation sites (tertiary alicyclic amines) is 1. The standard InChI is InChI=1S/C13H25N5/c1-3-11-12(14)13(17(2)16-11)15-7-6-10-18-8-4-5-9-18/h15H,3-10,14H2,1-2H3. The van der Waals surface area contributed by atoms with Gasteiger partial charge in [-0.2, -0.15) is 5.10 Å². The number of nitrogens with one attached hydrogen (secondary N) is 1. The van der Waals surface area contributed by atoms with Crippen molar-refractivity contribution in [2.24, 2.45) is 7.05 Å². The van der Waals surface area contributed by atoms with Gasteiger partial charge in [-0.3, -0.25) is 4.68 Å². The molecule has 1 aliphatic heterocycles. The molecular formula is C13H25N5. The van der Waals surface area contributed by atoms with Crippen LogP contribution in [-0.2, 0) is 13.5 Å². The molecule has 0 aromatic carbocycles. The van der Waals surface area contributed by atoms with Crippen LogP contribution in [0.15, 0.2) is 0 Å². The Labute approximate surface area is 109 Å². The molecule has 5 heteroatoms. The van der Waals surface area contributed by atoms with Crippen LogP contribution >= 0.6 is 0 Å². The zero-order valence-electron chi connectivity index (χ0n) is 11.6. The molecule has 3 N–H and O–H groups in total. The molecule has 0 spiro atoms. The van der Waals surface area contributed by atoms with Gasteiger partial charge in [0.1, 0.15) is 5.82 Å². The van der Waals surface area contributed by atoms with Crippen LogP contribution in [0.4, 0.5) is 11.5 Å². The molecule has 1 saturated heterocycles. The molecule has 0 bridgehead atoms. The second kappa shape index (κ2) is 6.09. The van der Waals surface area contributed by atoms with Crippen molar-refractivity contribution in [3.8, 4) is 0 Å². The number of rotatable bonds is 6. The van der Waals surface area contributed by atoms with Gasteiger partial charge in [-0.15, -0.1) is 0 Å². The van der Waals surface area contributed by atoms with Gasteiger partial charge >= 0.3 is 0 Å². The molecule has 0 unspecified atom stereocenters. The maximum absolute atomic E-state index is 6.06. The van der Waals surface area contributed by atoms with Crippen LogP contribution < -0.4 is 11.1 Å². The van der Waals surface area contributed by atoms with Gasteiger partial charge < -0.3 is 16.0 Å². The highest BCUT2D eigenvalue weighted by atomic mass is 15.3. The van der Waals surface area contributed by atoms with Crippen molar-refractivity contribution in [2.75, 3.05) is 37.2 Å². The van der Waals surface area contributed by atoms with E-state index >= 15 is 0 Å². The van der Waals surface area contributed by atoms with Crippen molar-refractivity contribution >= 4 is 11.5 Å². The second-order valence-corrected chi connectivity index (χ2v) is 5.02. The van der Waals surface area contributed by atoms with E-state index in [9.17, 15) is 0 Å². The van der Waals surface area contributed by atoms with Gasteiger partial charge in [-0.25, -0.2) is 0 Å². The molecule has 1 aromatic rings. The highest BCUT2D eigenvalue weighted by molar-refractivity contribution is 5.64. The van der Waals surface area contributed by atoms with Gasteiger partial charge in [0.25, 0.3) is 0 Å². The predicted molar refractivity (Wildman–Crippen MR) is 75.8 cm³/mol. The van der Waals surface area contributed by atoms with E-state index in [1.54, 1.807) is 0 Å². The summed E-state index contributed by atoms with van der Waals surface area (Å²) in [6.07, 6.45) is 4.77. The summed E-state index contributed by atoms with van der Waals surface area (Å²) in [6, 6.07) is 0. The van der Waals surface area contributed by atoms with E-state index in [1.807, 2.05) is 11.7 Å². The second-order valence-electron chi connectivity index (χ2n) is 5.02. The molecule has 1 aliphatic rings. The Morgan fingerprint density at radius 2 is 2.06 bits per heavy atom. The lowest BCUT2D eigenvalue weighted by Gasteiger charge is -2.14. The van der Waals surface area contributed by atoms with Gasteiger partial charge in [0, 0.05) is 13.6 Å². The van der Waals surface area contributed by atoms with Crippen molar-refractivity contribution in [2.45, 2.75) is 32.6 Å². The fourth-order valence-corrected chi connectivity index (χ4v) is 2.58. The van der Waals surface area contributed by atoms with Crippen molar-refractivity contribution in [1.29, 1.82) is 0 Å². The number of hydrogen-bond donors (Lipinski definition) is 2. The molecule has 0 aliphatic carbocycles. The summed E-state index contributed by atoms with van der Waals surface area (Å²) in [6.45, 7) is 6.77. The Hall–Kier alpha value is -1.23. The van der Waals surface area contributed by atoms with E-state index in [0.29, 0.717) is 0 Å². The quantitative estimate of drug-likeness (QED) is 0.752. The number of aromatic nitrogens is 2. The van der Waals surface area contributed by atoms with Crippen LogP contribution in [0.25, 0.3) is 0 Å². The molecule has 1 aromatic heterocycles. The maximum Gasteiger partial charge on any atom is 0.147 e. The van der Waals surface area contributed by atoms with Crippen molar-refractivity contribution in [1.82, 2.24) is 14.7 Å². The summed E-state index contributed by atoms with van der Waals surface area (Å²) in [4.78, 5) is 2.53. The van der Waals surface area contributed by atoms with Gasteiger partial charge in [0.2, 0.25) is 0 Å². The molecule has 0 atom stereocenters. The van der Waals surface area contributed by atoms with Crippen LogP contribution in [0.5, 0.6) is 0 Å². The lowest BCUT2D eigenvalue weighted by Crippen LogP contribution is -2.22. The third-order valence-corrected chi connectivity index (χ3v) is 3.64. The fraction of sp³-hybridized carbons (Fsp3) is 0.769. The summed E-state index contributed by atoms with van der Waals surface area (Å²) in [5.41, 5.74) is 7.86. The molecule has 0 saturated carbocycles. The van der Waals surface area contributed by atoms with Crippen molar-refractivity contribution < 1.29 is 0 Å². The third kappa shape index (κ3) is 2.96. The summed E-state index contributed by atoms with van der Waals surface area (Å²) in [7, 11) is 1.94. The van der Waals surface area contributed by atoms with Crippen LogP contribution in [0.1, 0.15) is 31.9 Å². The predicted octanol–water partition coefficient (Wildman–Crippen LogP) is 1.46. The van der Waals surface area contributed by atoms with Gasteiger partial charge in [0.05, 0.1) is 11.4 Å². The van der Waals surface area contributed by atoms with Crippen molar-refractivity contribution in [3.63, 3.8) is 0 Å². The first-order valence-corrected chi connectivity index (χ1v) is 7.00. The average Bonchev–Trinajstić information content (AvgIpc) is 2.96. The molecule has 1 fully saturated rings. The Balaban J connectivity index is 1.77. The Kier molecular flexibility index (Phi) is 4.47. The topological polar surface area (TPSA) is 59.1 Å². The minimum absolute atomic E-state index is 0.807. The largest absolute Gasteiger partial charge is 0.394 e. The van der Waals surface area contributed by atoms with Gasteiger partial charge in [-0.1, -0.05) is 6.92 Å². The van der Waals surface area contributed by atoms with E-state index in [2.05, 4.69) is 22.2 Å². The minimum atomic E-state index is 0.807. The SMILES string of the molecule is CCc1nn(C)c(NCCCN2CCCC2)c1N. The third-order valence-electron chi connectivity index (χ3n) is 3.64. The summed E-state index contributed by atoms with van der Waals surface area (Å²) in [5.74, 6) is 0.966. The number of nitrogens with two attached hydrogens (primary N) is 1. The molecule has 102 valence electrons. The van der Waals surface area contributed by atoms with Crippen LogP contribution in [-0.4, -0.2) is 40.9 Å². The fourth-order valence-electron chi connectivity index (χ4n) is 2.58. The van der Waals surface area contributed by atoms with E-state index in [4.69, 9.17) is 5.73 Å². The number of hydrogen-bond acceptors (Lipinski definition) is 4. The Bertz CT molecular complexity index is 379. The van der Waals surface area contributed by atoms with Crippen LogP contribution in [0, 0.1) is 0 Å². The molecule has 2 rings (SSSR count). The van der Waals surface area contributed by atoms with Crippen LogP contribution in [0.2, 0.25) is 0 Å². The number of aryl methyl sites for hydroxylation is 2. The van der Waals surface area contributed by atoms with Gasteiger partial charge in [0.15, 0.2) is 0 Å². The van der Waals surface area contributed by atoms with Crippen LogP contribution in [0.3, 0.4) is 0 Å². The van der Waals surface area contributed by atoms with E-state index in [1.165, 1.54) is 32.5 Å². The maximum atomic E-state index is 6.06. The minimum Gasteiger partial charge on any atom is -0.394 e. The average molecular weight is 251 g/mol. The highest BCUT2D eigenvalue weighted by Crippen LogP contribution is 2.22. The molecule has 18 heavy (non-hydrogen) atoms. The Morgan fingerprint density at radius 3 is 2.67 bits per heavy atom. The zero-order valence-corrected chi connectivity index (χ0v) is 11.6. The highest BCUT2D eigenvalue weighted by Gasteiger charge is 2.12. The normalized spacial score (nSPS) is 16.3. The molecule has 5 nitrogen and oxygen atoms in total. The first kappa shape index (κ1) is 13.2. The molecule has 0 radical (unpaired) electrons. The summed E-state index contributed by atoms with van der Waals surface area (Å²) < 4.78 is 1.85. The number of nitrogens with zero attached hydrogens (tertiary/aromatic N) is 3. The zero-order chi connectivity index (χ0) is 13.0. The first-order chi connectivity index (χ1) is 8.72. The van der Waals surface area contributed by atoms with Crippen molar-refractivity contribution in [3.05, 3.63) is 5.69 Å².